The number of hydrogen-bond donors (Lipinski definition) is 8. The molecule has 0 saturated carbocycles. The Balaban J connectivity index is 0. The van der Waals surface area contributed by atoms with Crippen LogP contribution in [0.2, 0.25) is 0 Å². The Morgan fingerprint density at radius 2 is 1.29 bits per heavy atom. The van der Waals surface area contributed by atoms with Gasteiger partial charge in [0, 0.05) is 0 Å². The van der Waals surface area contributed by atoms with Gasteiger partial charge in [-0.25, -0.2) is 0 Å². The SMILES string of the molecule is OC[C@H]1O[C@@H](O[C@H]2[C@H](O)[C@@H](O)[C@@H](O)O[C@@H]2CO)[C@H](O)[C@@H](O)[C@H]1O.[Ca+2].[H-].[H-]. The molecule has 2 saturated heterocycles. The standard InChI is InChI=1S/C12H22O11.Ca.2H/c13-1-3-5(15)6(16)9(19)12(22-3)23-10-4(2-14)21-11(20)8(18)7(10)17;;;/h3-20H,1-2H2;;;/q;+2;2*-1/t3-,4-,5+,6+,7-,8-,9-,10-,11+,12+;;;/m1.../s1. The molecule has 140 valence electrons. The van der Waals surface area contributed by atoms with E-state index < -0.39 is 74.6 Å². The van der Waals surface area contributed by atoms with Crippen molar-refractivity contribution < 1.29 is 57.9 Å². The van der Waals surface area contributed by atoms with E-state index in [0.29, 0.717) is 0 Å². The first-order valence-corrected chi connectivity index (χ1v) is 7.08. The van der Waals surface area contributed by atoms with Crippen molar-refractivity contribution in [3.8, 4) is 0 Å². The summed E-state index contributed by atoms with van der Waals surface area (Å²) in [5.41, 5.74) is 0. The molecule has 12 heteroatoms. The van der Waals surface area contributed by atoms with E-state index in [-0.39, 0.29) is 40.6 Å². The molecule has 0 unspecified atom stereocenters. The zero-order valence-corrected chi connectivity index (χ0v) is 14.9. The summed E-state index contributed by atoms with van der Waals surface area (Å²) in [7, 11) is 0. The minimum Gasteiger partial charge on any atom is -1.00 e. The topological polar surface area (TPSA) is 190 Å². The first kappa shape index (κ1) is 22.9. The second-order valence-corrected chi connectivity index (χ2v) is 5.53. The van der Waals surface area contributed by atoms with Gasteiger partial charge in [-0.1, -0.05) is 0 Å². The van der Waals surface area contributed by atoms with E-state index in [0.717, 1.165) is 0 Å². The summed E-state index contributed by atoms with van der Waals surface area (Å²) < 4.78 is 15.3. The zero-order chi connectivity index (χ0) is 17.3. The Morgan fingerprint density at radius 3 is 1.83 bits per heavy atom. The molecule has 0 radical (unpaired) electrons. The number of aliphatic hydroxyl groups excluding tert-OH is 8. The molecule has 2 rings (SSSR count). The minimum absolute atomic E-state index is 0. The van der Waals surface area contributed by atoms with E-state index >= 15 is 0 Å². The van der Waals surface area contributed by atoms with Gasteiger partial charge in [0.25, 0.3) is 0 Å². The van der Waals surface area contributed by atoms with Crippen LogP contribution in [0, 0.1) is 0 Å². The molecule has 0 amide bonds. The fourth-order valence-corrected chi connectivity index (χ4v) is 2.57. The number of ether oxygens (including phenoxy) is 3. The Kier molecular flexibility index (Phi) is 9.21. The molecule has 0 bridgehead atoms. The zero-order valence-electron chi connectivity index (χ0n) is 14.7. The Hall–Kier alpha value is 0.820. The second-order valence-electron chi connectivity index (χ2n) is 5.53. The van der Waals surface area contributed by atoms with Gasteiger partial charge < -0.3 is 57.9 Å². The molecule has 11 nitrogen and oxygen atoms in total. The Bertz CT molecular complexity index is 394. The largest absolute Gasteiger partial charge is 2.00 e. The summed E-state index contributed by atoms with van der Waals surface area (Å²) >= 11 is 0. The number of aliphatic hydroxyl groups is 8. The molecular weight excluding hydrogens is 360 g/mol. The number of rotatable bonds is 4. The van der Waals surface area contributed by atoms with E-state index in [1.807, 2.05) is 0 Å². The molecule has 0 aromatic carbocycles. The molecule has 8 N–H and O–H groups in total. The Labute approximate surface area is 170 Å². The van der Waals surface area contributed by atoms with Gasteiger partial charge in [0.05, 0.1) is 13.2 Å². The minimum atomic E-state index is -1.74. The van der Waals surface area contributed by atoms with Crippen LogP contribution < -0.4 is 0 Å². The first-order valence-electron chi connectivity index (χ1n) is 7.08. The van der Waals surface area contributed by atoms with Gasteiger partial charge in [-0.2, -0.15) is 0 Å². The quantitative estimate of drug-likeness (QED) is 0.216. The summed E-state index contributed by atoms with van der Waals surface area (Å²) in [4.78, 5) is 0. The molecule has 0 aromatic rings. The van der Waals surface area contributed by atoms with Crippen LogP contribution in [0.25, 0.3) is 0 Å². The van der Waals surface area contributed by atoms with Gasteiger partial charge in [-0.3, -0.25) is 0 Å². The van der Waals surface area contributed by atoms with Crippen molar-refractivity contribution >= 4 is 37.7 Å². The summed E-state index contributed by atoms with van der Waals surface area (Å²) in [5, 5.41) is 76.5. The molecular formula is C12H24CaO11. The van der Waals surface area contributed by atoms with E-state index in [2.05, 4.69) is 0 Å². The molecule has 2 fully saturated rings. The van der Waals surface area contributed by atoms with Crippen LogP contribution in [0.1, 0.15) is 2.85 Å². The van der Waals surface area contributed by atoms with Gasteiger partial charge in [0.15, 0.2) is 12.6 Å². The normalized spacial score (nSPS) is 49.5. The van der Waals surface area contributed by atoms with E-state index in [1.165, 1.54) is 0 Å². The van der Waals surface area contributed by atoms with E-state index in [1.54, 1.807) is 0 Å². The van der Waals surface area contributed by atoms with Gasteiger partial charge in [-0.05, 0) is 0 Å². The Morgan fingerprint density at radius 1 is 0.708 bits per heavy atom. The summed E-state index contributed by atoms with van der Waals surface area (Å²) in [6, 6.07) is 0. The van der Waals surface area contributed by atoms with Crippen LogP contribution in [-0.4, -0.2) is 153 Å². The monoisotopic (exact) mass is 384 g/mol. The van der Waals surface area contributed by atoms with Crippen molar-refractivity contribution in [3.05, 3.63) is 0 Å². The van der Waals surface area contributed by atoms with Gasteiger partial charge >= 0.3 is 37.7 Å². The molecule has 0 aliphatic carbocycles. The second kappa shape index (κ2) is 9.67. The molecule has 0 aromatic heterocycles. The van der Waals surface area contributed by atoms with Crippen LogP contribution in [0.3, 0.4) is 0 Å². The van der Waals surface area contributed by atoms with Crippen molar-refractivity contribution in [2.75, 3.05) is 13.2 Å². The molecule has 0 spiro atoms. The van der Waals surface area contributed by atoms with Gasteiger partial charge in [0.1, 0.15) is 48.8 Å². The first-order chi connectivity index (χ1) is 10.8. The predicted octanol–water partition coefficient (Wildman–Crippen LogP) is -5.55. The van der Waals surface area contributed by atoms with Gasteiger partial charge in [-0.15, -0.1) is 0 Å². The summed E-state index contributed by atoms with van der Waals surface area (Å²) in [5.74, 6) is 0. The molecule has 10 atom stereocenters. The van der Waals surface area contributed by atoms with Crippen LogP contribution in [0.4, 0.5) is 0 Å². The third-order valence-electron chi connectivity index (χ3n) is 3.98. The average molecular weight is 384 g/mol. The number of hydrogen-bond acceptors (Lipinski definition) is 11. The van der Waals surface area contributed by atoms with E-state index in [4.69, 9.17) is 19.3 Å². The van der Waals surface area contributed by atoms with Crippen molar-refractivity contribution in [2.24, 2.45) is 0 Å². The van der Waals surface area contributed by atoms with Crippen molar-refractivity contribution in [1.82, 2.24) is 0 Å². The molecule has 2 aliphatic rings. The third kappa shape index (κ3) is 4.56. The summed E-state index contributed by atoms with van der Waals surface area (Å²) in [6.07, 6.45) is -15.6. The van der Waals surface area contributed by atoms with Gasteiger partial charge in [0.2, 0.25) is 0 Å². The third-order valence-corrected chi connectivity index (χ3v) is 3.98. The smallest absolute Gasteiger partial charge is 1.00 e. The summed E-state index contributed by atoms with van der Waals surface area (Å²) in [6.45, 7) is -1.35. The van der Waals surface area contributed by atoms with Crippen LogP contribution in [-0.2, 0) is 14.2 Å². The van der Waals surface area contributed by atoms with E-state index in [9.17, 15) is 35.7 Å². The maximum absolute atomic E-state index is 9.94. The average Bonchev–Trinajstić information content (AvgIpc) is 2.55. The van der Waals surface area contributed by atoms with Crippen LogP contribution >= 0.6 is 0 Å². The maximum Gasteiger partial charge on any atom is 2.00 e. The molecule has 2 aliphatic heterocycles. The van der Waals surface area contributed by atoms with Crippen LogP contribution in [0.15, 0.2) is 0 Å². The van der Waals surface area contributed by atoms with Crippen molar-refractivity contribution in [3.63, 3.8) is 0 Å². The van der Waals surface area contributed by atoms with Crippen molar-refractivity contribution in [1.29, 1.82) is 0 Å². The fraction of sp³-hybridized carbons (Fsp3) is 1.00. The molecule has 2 heterocycles. The van der Waals surface area contributed by atoms with Crippen molar-refractivity contribution in [2.45, 2.75) is 61.4 Å². The fourth-order valence-electron chi connectivity index (χ4n) is 2.57. The predicted molar refractivity (Wildman–Crippen MR) is 76.6 cm³/mol. The molecule has 24 heavy (non-hydrogen) atoms. The van der Waals surface area contributed by atoms with Crippen LogP contribution in [0.5, 0.6) is 0 Å². The maximum atomic E-state index is 9.94.